The second-order valence-corrected chi connectivity index (χ2v) is 7.62. The fourth-order valence-corrected chi connectivity index (χ4v) is 2.72. The second-order valence-electron chi connectivity index (χ2n) is 6.39. The summed E-state index contributed by atoms with van der Waals surface area (Å²) in [6.07, 6.45) is 0. The van der Waals surface area contributed by atoms with Crippen LogP contribution < -0.4 is 10.6 Å². The molecule has 0 aliphatic heterocycles. The zero-order valence-corrected chi connectivity index (χ0v) is 14.3. The summed E-state index contributed by atoms with van der Waals surface area (Å²) in [4.78, 5) is 24.1. The SMILES string of the molecule is Cc1sc(NC(=O)NCC(C)C(C)(C)C)c(C(=O)O)c1C. The highest BCUT2D eigenvalue weighted by Gasteiger charge is 2.22. The molecule has 5 nitrogen and oxygen atoms in total. The lowest BCUT2D eigenvalue weighted by atomic mass is 9.82. The van der Waals surface area contributed by atoms with Crippen molar-refractivity contribution in [3.05, 3.63) is 16.0 Å². The largest absolute Gasteiger partial charge is 0.478 e. The summed E-state index contributed by atoms with van der Waals surface area (Å²) in [7, 11) is 0. The Morgan fingerprint density at radius 3 is 2.33 bits per heavy atom. The van der Waals surface area contributed by atoms with Crippen LogP contribution in [0.25, 0.3) is 0 Å². The molecule has 0 aliphatic carbocycles. The number of thiophene rings is 1. The molecule has 0 aromatic carbocycles. The Kier molecular flexibility index (Phi) is 5.39. The minimum atomic E-state index is -1.02. The van der Waals surface area contributed by atoms with E-state index in [1.165, 1.54) is 11.3 Å². The van der Waals surface area contributed by atoms with Crippen LogP contribution >= 0.6 is 11.3 Å². The number of anilines is 1. The lowest BCUT2D eigenvalue weighted by Crippen LogP contribution is -2.36. The molecule has 1 rings (SSSR count). The number of carbonyl (C=O) groups is 2. The molecule has 0 saturated carbocycles. The van der Waals surface area contributed by atoms with Gasteiger partial charge in [0, 0.05) is 11.4 Å². The second kappa shape index (κ2) is 6.47. The first-order chi connectivity index (χ1) is 9.54. The highest BCUT2D eigenvalue weighted by Crippen LogP contribution is 2.32. The molecule has 0 radical (unpaired) electrons. The fourth-order valence-electron chi connectivity index (χ4n) is 1.67. The van der Waals surface area contributed by atoms with Gasteiger partial charge in [0.25, 0.3) is 0 Å². The molecule has 0 saturated heterocycles. The van der Waals surface area contributed by atoms with E-state index in [2.05, 4.69) is 38.3 Å². The molecular formula is C15H24N2O3S. The van der Waals surface area contributed by atoms with E-state index in [1.54, 1.807) is 6.92 Å². The fraction of sp³-hybridized carbons (Fsp3) is 0.600. The molecule has 21 heavy (non-hydrogen) atoms. The summed E-state index contributed by atoms with van der Waals surface area (Å²) in [5.74, 6) is -0.704. The van der Waals surface area contributed by atoms with E-state index in [0.29, 0.717) is 23.0 Å². The van der Waals surface area contributed by atoms with Crippen molar-refractivity contribution in [1.29, 1.82) is 0 Å². The summed E-state index contributed by atoms with van der Waals surface area (Å²) in [5.41, 5.74) is 0.984. The van der Waals surface area contributed by atoms with Crippen LogP contribution in [0.15, 0.2) is 0 Å². The normalized spacial score (nSPS) is 12.9. The number of aromatic carboxylic acids is 1. The minimum Gasteiger partial charge on any atom is -0.478 e. The number of carboxylic acid groups (broad SMARTS) is 1. The molecule has 118 valence electrons. The van der Waals surface area contributed by atoms with Crippen LogP contribution in [0, 0.1) is 25.2 Å². The maximum atomic E-state index is 11.9. The molecule has 0 fully saturated rings. The van der Waals surface area contributed by atoms with Crippen LogP contribution in [0.5, 0.6) is 0 Å². The van der Waals surface area contributed by atoms with Gasteiger partial charge >= 0.3 is 12.0 Å². The predicted molar refractivity (Wildman–Crippen MR) is 86.4 cm³/mol. The lowest BCUT2D eigenvalue weighted by molar-refractivity contribution is 0.0697. The molecule has 1 aromatic rings. The lowest BCUT2D eigenvalue weighted by Gasteiger charge is -2.27. The van der Waals surface area contributed by atoms with E-state index in [1.807, 2.05) is 6.92 Å². The standard InChI is InChI=1S/C15H24N2O3S/c1-8(15(4,5)6)7-16-14(20)17-12-11(13(18)19)9(2)10(3)21-12/h8H,7H2,1-6H3,(H,18,19)(H2,16,17,20). The van der Waals surface area contributed by atoms with E-state index in [4.69, 9.17) is 0 Å². The Bertz CT molecular complexity index is 544. The highest BCUT2D eigenvalue weighted by atomic mass is 32.1. The van der Waals surface area contributed by atoms with Crippen molar-refractivity contribution in [3.63, 3.8) is 0 Å². The Balaban J connectivity index is 2.72. The average Bonchev–Trinajstić information content (AvgIpc) is 2.60. The first-order valence-corrected chi connectivity index (χ1v) is 7.73. The number of urea groups is 1. The number of hydrogen-bond donors (Lipinski definition) is 3. The Labute approximate surface area is 129 Å². The summed E-state index contributed by atoms with van der Waals surface area (Å²) >= 11 is 1.28. The number of carboxylic acids is 1. The number of hydrogen-bond acceptors (Lipinski definition) is 3. The van der Waals surface area contributed by atoms with E-state index in [-0.39, 0.29) is 17.0 Å². The Morgan fingerprint density at radius 2 is 1.86 bits per heavy atom. The molecule has 0 bridgehead atoms. The quantitative estimate of drug-likeness (QED) is 0.789. The molecule has 0 aliphatic rings. The van der Waals surface area contributed by atoms with Gasteiger partial charge in [-0.2, -0.15) is 0 Å². The third kappa shape index (κ3) is 4.46. The van der Waals surface area contributed by atoms with Gasteiger partial charge in [-0.3, -0.25) is 5.32 Å². The molecule has 6 heteroatoms. The third-order valence-corrected chi connectivity index (χ3v) is 5.00. The van der Waals surface area contributed by atoms with Gasteiger partial charge in [-0.25, -0.2) is 9.59 Å². The Hall–Kier alpha value is -1.56. The number of amides is 2. The monoisotopic (exact) mass is 312 g/mol. The minimum absolute atomic E-state index is 0.107. The molecule has 2 amide bonds. The van der Waals surface area contributed by atoms with Crippen LogP contribution in [-0.2, 0) is 0 Å². The number of carbonyl (C=O) groups excluding carboxylic acids is 1. The summed E-state index contributed by atoms with van der Waals surface area (Å²) in [6.45, 7) is 12.6. The van der Waals surface area contributed by atoms with Crippen LogP contribution in [-0.4, -0.2) is 23.7 Å². The highest BCUT2D eigenvalue weighted by molar-refractivity contribution is 7.16. The van der Waals surface area contributed by atoms with Crippen molar-refractivity contribution in [3.8, 4) is 0 Å². The zero-order chi connectivity index (χ0) is 16.4. The van der Waals surface area contributed by atoms with Crippen LogP contribution in [0.4, 0.5) is 9.80 Å². The van der Waals surface area contributed by atoms with Crippen LogP contribution in [0.3, 0.4) is 0 Å². The summed E-state index contributed by atoms with van der Waals surface area (Å²) < 4.78 is 0. The molecule has 1 heterocycles. The maximum absolute atomic E-state index is 11.9. The van der Waals surface area contributed by atoms with Gasteiger partial charge in [0.1, 0.15) is 5.00 Å². The third-order valence-electron chi connectivity index (χ3n) is 3.87. The zero-order valence-electron chi connectivity index (χ0n) is 13.5. The van der Waals surface area contributed by atoms with Crippen molar-refractivity contribution >= 4 is 28.3 Å². The molecule has 0 spiro atoms. The molecule has 1 atom stereocenters. The van der Waals surface area contributed by atoms with E-state index in [9.17, 15) is 14.7 Å². The predicted octanol–water partition coefficient (Wildman–Crippen LogP) is 3.87. The molecule has 1 unspecified atom stereocenters. The van der Waals surface area contributed by atoms with Crippen molar-refractivity contribution < 1.29 is 14.7 Å². The van der Waals surface area contributed by atoms with E-state index < -0.39 is 5.97 Å². The first-order valence-electron chi connectivity index (χ1n) is 6.92. The van der Waals surface area contributed by atoms with Gasteiger partial charge < -0.3 is 10.4 Å². The van der Waals surface area contributed by atoms with Gasteiger partial charge in [0.05, 0.1) is 5.56 Å². The van der Waals surface area contributed by atoms with Gasteiger partial charge in [-0.1, -0.05) is 27.7 Å². The van der Waals surface area contributed by atoms with Crippen molar-refractivity contribution in [2.24, 2.45) is 11.3 Å². The van der Waals surface area contributed by atoms with Crippen molar-refractivity contribution in [2.45, 2.75) is 41.5 Å². The first kappa shape index (κ1) is 17.5. The molecule has 3 N–H and O–H groups in total. The number of nitrogens with one attached hydrogen (secondary N) is 2. The maximum Gasteiger partial charge on any atom is 0.338 e. The Morgan fingerprint density at radius 1 is 1.29 bits per heavy atom. The van der Waals surface area contributed by atoms with E-state index in [0.717, 1.165) is 4.88 Å². The average molecular weight is 312 g/mol. The van der Waals surface area contributed by atoms with E-state index >= 15 is 0 Å². The van der Waals surface area contributed by atoms with Gasteiger partial charge in [-0.05, 0) is 30.7 Å². The smallest absolute Gasteiger partial charge is 0.338 e. The molecule has 1 aromatic heterocycles. The van der Waals surface area contributed by atoms with Crippen LogP contribution in [0.1, 0.15) is 48.5 Å². The summed E-state index contributed by atoms with van der Waals surface area (Å²) in [6, 6.07) is -0.366. The number of rotatable bonds is 4. The molecular weight excluding hydrogens is 288 g/mol. The topological polar surface area (TPSA) is 78.4 Å². The van der Waals surface area contributed by atoms with Gasteiger partial charge in [-0.15, -0.1) is 11.3 Å². The van der Waals surface area contributed by atoms with Crippen LogP contribution in [0.2, 0.25) is 0 Å². The van der Waals surface area contributed by atoms with Crippen molar-refractivity contribution in [2.75, 3.05) is 11.9 Å². The number of aryl methyl sites for hydroxylation is 1. The van der Waals surface area contributed by atoms with Gasteiger partial charge in [0.2, 0.25) is 0 Å². The summed E-state index contributed by atoms with van der Waals surface area (Å²) in [5, 5.41) is 15.1. The van der Waals surface area contributed by atoms with Crippen molar-refractivity contribution in [1.82, 2.24) is 5.32 Å². The van der Waals surface area contributed by atoms with Gasteiger partial charge in [0.15, 0.2) is 0 Å².